The van der Waals surface area contributed by atoms with Crippen LogP contribution in [0.5, 0.6) is 5.88 Å². The Labute approximate surface area is 226 Å². The molecule has 206 valence electrons. The molecule has 2 bridgehead atoms. The summed E-state index contributed by atoms with van der Waals surface area (Å²) in [7, 11) is 0. The number of pyridine rings is 1. The first kappa shape index (κ1) is 25.7. The largest absolute Gasteiger partial charge is 0.475 e. The van der Waals surface area contributed by atoms with Gasteiger partial charge in [0.25, 0.3) is 0 Å². The highest BCUT2D eigenvalue weighted by Gasteiger charge is 2.46. The zero-order valence-electron chi connectivity index (χ0n) is 23.2. The van der Waals surface area contributed by atoms with E-state index >= 15 is 0 Å². The molecule has 9 heteroatoms. The number of nitriles is 1. The molecule has 0 aliphatic carbocycles. The lowest BCUT2D eigenvalue weighted by molar-refractivity contribution is 0.0154. The van der Waals surface area contributed by atoms with Crippen LogP contribution in [-0.4, -0.2) is 83.4 Å². The highest BCUT2D eigenvalue weighted by molar-refractivity contribution is 5.69. The number of amides is 1. The number of piperazine rings is 1. The second-order valence-corrected chi connectivity index (χ2v) is 12.8. The Morgan fingerprint density at radius 3 is 2.50 bits per heavy atom. The molecule has 2 atom stereocenters. The van der Waals surface area contributed by atoms with Crippen molar-refractivity contribution in [2.24, 2.45) is 0 Å². The lowest BCUT2D eigenvalue weighted by Gasteiger charge is -2.51. The van der Waals surface area contributed by atoms with Gasteiger partial charge in [0.1, 0.15) is 29.7 Å². The lowest BCUT2D eigenvalue weighted by Crippen LogP contribution is -2.63. The van der Waals surface area contributed by atoms with E-state index in [9.17, 15) is 10.1 Å². The molecule has 1 N–H and O–H groups in total. The molecular formula is C29H42N6O3. The van der Waals surface area contributed by atoms with Gasteiger partial charge >= 0.3 is 6.09 Å². The Balaban J connectivity index is 1.32. The van der Waals surface area contributed by atoms with E-state index in [1.807, 2.05) is 25.7 Å². The van der Waals surface area contributed by atoms with E-state index in [0.29, 0.717) is 37.7 Å². The fourth-order valence-corrected chi connectivity index (χ4v) is 7.54. The van der Waals surface area contributed by atoms with Crippen LogP contribution in [0.25, 0.3) is 0 Å². The SMILES string of the molecule is CC(C)(C)OC(=O)N1C[C@H]2CCC[C@@H](C1)N2c1nc(OCC23CCCN2CCC3)c(C#N)c2c1CCNC2. The Kier molecular flexibility index (Phi) is 6.68. The van der Waals surface area contributed by atoms with Gasteiger partial charge in [-0.1, -0.05) is 0 Å². The van der Waals surface area contributed by atoms with Gasteiger partial charge in [0.05, 0.1) is 5.54 Å². The van der Waals surface area contributed by atoms with E-state index in [1.165, 1.54) is 18.4 Å². The minimum absolute atomic E-state index is 0.0955. The number of nitrogens with zero attached hydrogens (tertiary/aromatic N) is 5. The van der Waals surface area contributed by atoms with Crippen molar-refractivity contribution < 1.29 is 14.3 Å². The Hall–Kier alpha value is -2.57. The van der Waals surface area contributed by atoms with Crippen molar-refractivity contribution in [1.29, 1.82) is 5.26 Å². The van der Waals surface area contributed by atoms with Gasteiger partial charge in [-0.05, 0) is 97.3 Å². The number of likely N-dealkylation sites (tertiary alicyclic amines) is 1. The maximum absolute atomic E-state index is 13.0. The molecular weight excluding hydrogens is 480 g/mol. The average Bonchev–Trinajstić information content (AvgIpc) is 3.45. The van der Waals surface area contributed by atoms with Crippen LogP contribution >= 0.6 is 0 Å². The number of hydrogen-bond acceptors (Lipinski definition) is 8. The lowest BCUT2D eigenvalue weighted by atomic mass is 9.89. The molecule has 6 rings (SSSR count). The van der Waals surface area contributed by atoms with Crippen molar-refractivity contribution in [3.05, 3.63) is 16.7 Å². The van der Waals surface area contributed by atoms with Gasteiger partial charge in [0.2, 0.25) is 5.88 Å². The summed E-state index contributed by atoms with van der Waals surface area (Å²) in [5.74, 6) is 1.46. The summed E-state index contributed by atoms with van der Waals surface area (Å²) in [5, 5.41) is 13.7. The second kappa shape index (κ2) is 9.87. The highest BCUT2D eigenvalue weighted by Crippen LogP contribution is 2.42. The first-order chi connectivity index (χ1) is 18.3. The van der Waals surface area contributed by atoms with E-state index in [4.69, 9.17) is 14.5 Å². The van der Waals surface area contributed by atoms with Gasteiger partial charge in [0, 0.05) is 37.3 Å². The maximum Gasteiger partial charge on any atom is 0.410 e. The maximum atomic E-state index is 13.0. The molecule has 0 saturated carbocycles. The average molecular weight is 523 g/mol. The quantitative estimate of drug-likeness (QED) is 0.641. The summed E-state index contributed by atoms with van der Waals surface area (Å²) >= 11 is 0. The molecule has 0 radical (unpaired) electrons. The van der Waals surface area contributed by atoms with Crippen LogP contribution in [0.4, 0.5) is 10.6 Å². The number of piperidine rings is 1. The zero-order chi connectivity index (χ0) is 26.5. The van der Waals surface area contributed by atoms with Crippen LogP contribution in [0.2, 0.25) is 0 Å². The normalized spacial score (nSPS) is 26.5. The summed E-state index contributed by atoms with van der Waals surface area (Å²) in [5.41, 5.74) is 2.39. The van der Waals surface area contributed by atoms with Crippen molar-refractivity contribution in [2.45, 2.75) is 102 Å². The standard InChI is InChI=1S/C29H42N6O3/c1-28(2,3)38-27(36)33-17-20-7-4-8-21(18-33)35(20)25-22-9-12-31-16-24(22)23(15-30)26(32-25)37-19-29-10-5-13-34(29)14-6-11-29/h20-21,31H,4-14,16-19H2,1-3H3/t20-,21+. The van der Waals surface area contributed by atoms with Gasteiger partial charge in [-0.25, -0.2) is 4.79 Å². The van der Waals surface area contributed by atoms with Crippen molar-refractivity contribution >= 4 is 11.9 Å². The molecule has 6 heterocycles. The van der Waals surface area contributed by atoms with E-state index < -0.39 is 5.60 Å². The molecule has 4 saturated heterocycles. The topological polar surface area (TPSA) is 94.0 Å². The molecule has 1 aromatic heterocycles. The third-order valence-electron chi connectivity index (χ3n) is 9.23. The smallest absolute Gasteiger partial charge is 0.410 e. The van der Waals surface area contributed by atoms with Crippen molar-refractivity contribution in [3.63, 3.8) is 0 Å². The summed E-state index contributed by atoms with van der Waals surface area (Å²) in [6.45, 7) is 11.4. The zero-order valence-corrected chi connectivity index (χ0v) is 23.2. The fourth-order valence-electron chi connectivity index (χ4n) is 7.54. The molecule has 38 heavy (non-hydrogen) atoms. The number of anilines is 1. The number of hydrogen-bond donors (Lipinski definition) is 1. The predicted molar refractivity (Wildman–Crippen MR) is 144 cm³/mol. The predicted octanol–water partition coefficient (Wildman–Crippen LogP) is 3.58. The van der Waals surface area contributed by atoms with E-state index in [-0.39, 0.29) is 23.7 Å². The van der Waals surface area contributed by atoms with Gasteiger partial charge in [-0.15, -0.1) is 0 Å². The van der Waals surface area contributed by atoms with Crippen LogP contribution in [0.15, 0.2) is 0 Å². The van der Waals surface area contributed by atoms with Crippen molar-refractivity contribution in [2.75, 3.05) is 44.2 Å². The van der Waals surface area contributed by atoms with Crippen LogP contribution in [0.3, 0.4) is 0 Å². The Bertz CT molecular complexity index is 1100. The van der Waals surface area contributed by atoms with Crippen LogP contribution in [-0.2, 0) is 17.7 Å². The van der Waals surface area contributed by atoms with Crippen LogP contribution in [0.1, 0.15) is 82.4 Å². The number of ether oxygens (including phenoxy) is 2. The molecule has 0 spiro atoms. The third-order valence-corrected chi connectivity index (χ3v) is 9.23. The summed E-state index contributed by atoms with van der Waals surface area (Å²) in [4.78, 5) is 25.1. The molecule has 1 amide bonds. The molecule has 4 fully saturated rings. The van der Waals surface area contributed by atoms with Gasteiger partial charge in [-0.3, -0.25) is 4.90 Å². The third kappa shape index (κ3) is 4.60. The van der Waals surface area contributed by atoms with Crippen molar-refractivity contribution in [1.82, 2.24) is 20.1 Å². The Morgan fingerprint density at radius 1 is 1.13 bits per heavy atom. The molecule has 9 nitrogen and oxygen atoms in total. The van der Waals surface area contributed by atoms with Crippen LogP contribution in [0, 0.1) is 11.3 Å². The number of aromatic nitrogens is 1. The van der Waals surface area contributed by atoms with Gasteiger partial charge in [0.15, 0.2) is 0 Å². The number of carbonyl (C=O) groups excluding carboxylic acids is 1. The fraction of sp³-hybridized carbons (Fsp3) is 0.759. The minimum atomic E-state index is -0.510. The van der Waals surface area contributed by atoms with Crippen molar-refractivity contribution in [3.8, 4) is 11.9 Å². The highest BCUT2D eigenvalue weighted by atomic mass is 16.6. The Morgan fingerprint density at radius 2 is 1.84 bits per heavy atom. The molecule has 5 aliphatic rings. The first-order valence-corrected chi connectivity index (χ1v) is 14.6. The van der Waals surface area contributed by atoms with E-state index in [0.717, 1.165) is 69.5 Å². The summed E-state index contributed by atoms with van der Waals surface area (Å²) in [6.07, 6.45) is 8.53. The van der Waals surface area contributed by atoms with Gasteiger partial charge < -0.3 is 24.6 Å². The number of carbonyl (C=O) groups is 1. The monoisotopic (exact) mass is 522 g/mol. The summed E-state index contributed by atoms with van der Waals surface area (Å²) < 4.78 is 12.3. The van der Waals surface area contributed by atoms with E-state index in [1.54, 1.807) is 0 Å². The van der Waals surface area contributed by atoms with Crippen LogP contribution < -0.4 is 15.0 Å². The number of rotatable bonds is 4. The molecule has 0 aromatic carbocycles. The molecule has 1 aromatic rings. The second-order valence-electron chi connectivity index (χ2n) is 12.8. The first-order valence-electron chi connectivity index (χ1n) is 14.6. The number of nitrogens with one attached hydrogen (secondary N) is 1. The van der Waals surface area contributed by atoms with E-state index in [2.05, 4.69) is 21.2 Å². The minimum Gasteiger partial charge on any atom is -0.475 e. The molecule has 0 unspecified atom stereocenters. The molecule has 5 aliphatic heterocycles. The summed E-state index contributed by atoms with van der Waals surface area (Å²) in [6, 6.07) is 2.81. The number of fused-ring (bicyclic) bond motifs is 4. The van der Waals surface area contributed by atoms with Gasteiger partial charge in [-0.2, -0.15) is 10.2 Å².